The van der Waals surface area contributed by atoms with Crippen LogP contribution in [0.1, 0.15) is 5.56 Å². The Morgan fingerprint density at radius 3 is 2.57 bits per heavy atom. The fourth-order valence-corrected chi connectivity index (χ4v) is 2.08. The van der Waals surface area contributed by atoms with Crippen molar-refractivity contribution in [2.24, 2.45) is 0 Å². The van der Waals surface area contributed by atoms with Gasteiger partial charge in [0.2, 0.25) is 0 Å². The predicted molar refractivity (Wildman–Crippen MR) is 70.4 cm³/mol. The van der Waals surface area contributed by atoms with E-state index in [1.807, 2.05) is 0 Å². The minimum atomic E-state index is -4.41. The molecule has 3 aromatic rings. The van der Waals surface area contributed by atoms with E-state index >= 15 is 0 Å². The molecule has 0 saturated carbocycles. The molecule has 3 rings (SSSR count). The van der Waals surface area contributed by atoms with Crippen LogP contribution in [0, 0.1) is 0 Å². The fourth-order valence-electron chi connectivity index (χ4n) is 2.08. The Morgan fingerprint density at radius 1 is 1.14 bits per heavy atom. The summed E-state index contributed by atoms with van der Waals surface area (Å²) in [5.41, 5.74) is -0.0470. The summed E-state index contributed by atoms with van der Waals surface area (Å²) in [5.74, 6) is 0.525. The predicted octanol–water partition coefficient (Wildman–Crippen LogP) is 3.45. The Kier molecular flexibility index (Phi) is 3.04. The van der Waals surface area contributed by atoms with Gasteiger partial charge in [-0.1, -0.05) is 6.07 Å². The first kappa shape index (κ1) is 13.4. The van der Waals surface area contributed by atoms with E-state index in [0.29, 0.717) is 11.3 Å². The van der Waals surface area contributed by atoms with Gasteiger partial charge in [0.05, 0.1) is 23.7 Å². The Labute approximate surface area is 117 Å². The molecule has 0 amide bonds. The van der Waals surface area contributed by atoms with Crippen molar-refractivity contribution >= 4 is 11.0 Å². The summed E-state index contributed by atoms with van der Waals surface area (Å²) in [6, 6.07) is 8.81. The van der Waals surface area contributed by atoms with E-state index in [1.54, 1.807) is 29.0 Å². The van der Waals surface area contributed by atoms with Crippen LogP contribution in [0.3, 0.4) is 0 Å². The summed E-state index contributed by atoms with van der Waals surface area (Å²) >= 11 is 0. The largest absolute Gasteiger partial charge is 0.468 e. The molecule has 21 heavy (non-hydrogen) atoms. The minimum Gasteiger partial charge on any atom is -0.468 e. The maximum Gasteiger partial charge on any atom is 0.416 e. The molecule has 0 bridgehead atoms. The standard InChI is InChI=1S/C14H10F3N3O/c1-21-13-19-10-8-9(14(15,16)17)5-6-11(10)20(13)12-4-2-3-7-18-12/h2-8H,1H3. The number of alkyl halides is 3. The number of benzene rings is 1. The van der Waals surface area contributed by atoms with Crippen LogP contribution in [-0.2, 0) is 6.18 Å². The topological polar surface area (TPSA) is 39.9 Å². The average Bonchev–Trinajstić information content (AvgIpc) is 2.84. The van der Waals surface area contributed by atoms with Gasteiger partial charge < -0.3 is 4.74 Å². The lowest BCUT2D eigenvalue weighted by atomic mass is 10.2. The van der Waals surface area contributed by atoms with E-state index in [0.717, 1.165) is 12.1 Å². The first-order valence-corrected chi connectivity index (χ1v) is 6.06. The van der Waals surface area contributed by atoms with Crippen LogP contribution < -0.4 is 4.74 Å². The monoisotopic (exact) mass is 293 g/mol. The molecule has 4 nitrogen and oxygen atoms in total. The Hall–Kier alpha value is -2.57. The van der Waals surface area contributed by atoms with Crippen molar-refractivity contribution in [2.75, 3.05) is 7.11 Å². The number of pyridine rings is 1. The molecular formula is C14H10F3N3O. The van der Waals surface area contributed by atoms with Gasteiger partial charge in [0, 0.05) is 6.20 Å². The fraction of sp³-hybridized carbons (Fsp3) is 0.143. The summed E-state index contributed by atoms with van der Waals surface area (Å²) in [7, 11) is 1.41. The molecule has 0 aliphatic heterocycles. The van der Waals surface area contributed by atoms with E-state index in [2.05, 4.69) is 9.97 Å². The van der Waals surface area contributed by atoms with E-state index in [-0.39, 0.29) is 11.5 Å². The van der Waals surface area contributed by atoms with Crippen LogP contribution in [0.5, 0.6) is 6.01 Å². The number of methoxy groups -OCH3 is 1. The van der Waals surface area contributed by atoms with Crippen molar-refractivity contribution in [1.82, 2.24) is 14.5 Å². The number of imidazole rings is 1. The summed E-state index contributed by atoms with van der Waals surface area (Å²) in [6.07, 6.45) is -2.82. The first-order valence-electron chi connectivity index (χ1n) is 6.06. The maximum atomic E-state index is 12.7. The summed E-state index contributed by atoms with van der Waals surface area (Å²) in [6.45, 7) is 0. The van der Waals surface area contributed by atoms with Crippen LogP contribution in [0.15, 0.2) is 42.6 Å². The Balaban J connectivity index is 2.25. The highest BCUT2D eigenvalue weighted by atomic mass is 19.4. The van der Waals surface area contributed by atoms with Crippen molar-refractivity contribution < 1.29 is 17.9 Å². The number of ether oxygens (including phenoxy) is 1. The zero-order valence-corrected chi connectivity index (χ0v) is 10.9. The molecule has 0 radical (unpaired) electrons. The van der Waals surface area contributed by atoms with Gasteiger partial charge in [-0.3, -0.25) is 0 Å². The zero-order valence-electron chi connectivity index (χ0n) is 10.9. The maximum absolute atomic E-state index is 12.7. The molecular weight excluding hydrogens is 283 g/mol. The van der Waals surface area contributed by atoms with Gasteiger partial charge in [0.15, 0.2) is 0 Å². The summed E-state index contributed by atoms with van der Waals surface area (Å²) < 4.78 is 45.0. The number of aromatic nitrogens is 3. The third-order valence-corrected chi connectivity index (χ3v) is 3.01. The number of hydrogen-bond donors (Lipinski definition) is 0. The Morgan fingerprint density at radius 2 is 1.95 bits per heavy atom. The van der Waals surface area contributed by atoms with E-state index in [1.165, 1.54) is 13.2 Å². The van der Waals surface area contributed by atoms with Gasteiger partial charge in [-0.25, -0.2) is 9.55 Å². The van der Waals surface area contributed by atoms with E-state index in [4.69, 9.17) is 4.74 Å². The van der Waals surface area contributed by atoms with Crippen molar-refractivity contribution in [1.29, 1.82) is 0 Å². The lowest BCUT2D eigenvalue weighted by molar-refractivity contribution is -0.137. The number of rotatable bonds is 2. The SMILES string of the molecule is COc1nc2cc(C(F)(F)F)ccc2n1-c1ccccn1. The lowest BCUT2D eigenvalue weighted by Gasteiger charge is -2.07. The van der Waals surface area contributed by atoms with Crippen LogP contribution in [0.4, 0.5) is 13.2 Å². The lowest BCUT2D eigenvalue weighted by Crippen LogP contribution is -2.04. The molecule has 0 unspecified atom stereocenters. The molecule has 0 aliphatic rings. The molecule has 1 aromatic carbocycles. The van der Waals surface area contributed by atoms with Crippen LogP contribution in [0.25, 0.3) is 16.9 Å². The van der Waals surface area contributed by atoms with Gasteiger partial charge in [-0.15, -0.1) is 0 Å². The Bertz CT molecular complexity index is 781. The highest BCUT2D eigenvalue weighted by Gasteiger charge is 2.31. The van der Waals surface area contributed by atoms with Crippen molar-refractivity contribution in [3.05, 3.63) is 48.2 Å². The quantitative estimate of drug-likeness (QED) is 0.726. The average molecular weight is 293 g/mol. The third-order valence-electron chi connectivity index (χ3n) is 3.01. The molecule has 0 N–H and O–H groups in total. The van der Waals surface area contributed by atoms with E-state index < -0.39 is 11.7 Å². The molecule has 0 aliphatic carbocycles. The number of hydrogen-bond acceptors (Lipinski definition) is 3. The second-order valence-electron chi connectivity index (χ2n) is 4.32. The third kappa shape index (κ3) is 2.31. The number of nitrogens with zero attached hydrogens (tertiary/aromatic N) is 3. The molecule has 2 aromatic heterocycles. The summed E-state index contributed by atoms with van der Waals surface area (Å²) in [4.78, 5) is 8.25. The highest BCUT2D eigenvalue weighted by Crippen LogP contribution is 2.33. The van der Waals surface area contributed by atoms with Gasteiger partial charge in [0.25, 0.3) is 0 Å². The van der Waals surface area contributed by atoms with Crippen LogP contribution >= 0.6 is 0 Å². The first-order chi connectivity index (χ1) is 10.0. The number of halogens is 3. The van der Waals surface area contributed by atoms with Crippen molar-refractivity contribution in [2.45, 2.75) is 6.18 Å². The van der Waals surface area contributed by atoms with Crippen LogP contribution in [-0.4, -0.2) is 21.6 Å². The van der Waals surface area contributed by atoms with Gasteiger partial charge in [0.1, 0.15) is 5.82 Å². The molecule has 0 atom stereocenters. The highest BCUT2D eigenvalue weighted by molar-refractivity contribution is 5.79. The summed E-state index contributed by atoms with van der Waals surface area (Å²) in [5, 5.41) is 0. The molecule has 7 heteroatoms. The molecule has 0 saturated heterocycles. The normalized spacial score (nSPS) is 11.8. The molecule has 0 fully saturated rings. The van der Waals surface area contributed by atoms with Gasteiger partial charge in [-0.2, -0.15) is 18.2 Å². The molecule has 2 heterocycles. The molecule has 108 valence electrons. The number of fused-ring (bicyclic) bond motifs is 1. The van der Waals surface area contributed by atoms with Crippen LogP contribution in [0.2, 0.25) is 0 Å². The second kappa shape index (κ2) is 4.76. The van der Waals surface area contributed by atoms with Crippen molar-refractivity contribution in [3.63, 3.8) is 0 Å². The minimum absolute atomic E-state index is 0.183. The van der Waals surface area contributed by atoms with Crippen molar-refractivity contribution in [3.8, 4) is 11.8 Å². The second-order valence-corrected chi connectivity index (χ2v) is 4.32. The zero-order chi connectivity index (χ0) is 15.0. The molecule has 0 spiro atoms. The smallest absolute Gasteiger partial charge is 0.416 e. The van der Waals surface area contributed by atoms with Gasteiger partial charge >= 0.3 is 12.2 Å². The van der Waals surface area contributed by atoms with Gasteiger partial charge in [-0.05, 0) is 30.3 Å². The van der Waals surface area contributed by atoms with E-state index in [9.17, 15) is 13.2 Å².